The highest BCUT2D eigenvalue weighted by atomic mass is 16.3. The first-order chi connectivity index (χ1) is 9.28. The SMILES string of the molecule is CCCn1ncnc1CC(O)C1CN2CCN1CC2. The second kappa shape index (κ2) is 5.56. The van der Waals surface area contributed by atoms with Gasteiger partial charge in [0, 0.05) is 51.7 Å². The van der Waals surface area contributed by atoms with Crippen molar-refractivity contribution >= 4 is 0 Å². The molecule has 3 saturated heterocycles. The fourth-order valence-electron chi connectivity index (χ4n) is 3.19. The average Bonchev–Trinajstić information content (AvgIpc) is 2.88. The molecule has 3 fully saturated rings. The van der Waals surface area contributed by atoms with Gasteiger partial charge in [-0.3, -0.25) is 14.5 Å². The van der Waals surface area contributed by atoms with Gasteiger partial charge < -0.3 is 5.11 Å². The van der Waals surface area contributed by atoms with Crippen LogP contribution >= 0.6 is 0 Å². The highest BCUT2D eigenvalue weighted by molar-refractivity contribution is 4.97. The molecule has 0 radical (unpaired) electrons. The fraction of sp³-hybridized carbons (Fsp3) is 0.846. The first kappa shape index (κ1) is 13.0. The molecule has 0 saturated carbocycles. The second-order valence-corrected chi connectivity index (χ2v) is 5.57. The van der Waals surface area contributed by atoms with Gasteiger partial charge in [-0.25, -0.2) is 4.98 Å². The van der Waals surface area contributed by atoms with E-state index in [1.807, 2.05) is 4.68 Å². The summed E-state index contributed by atoms with van der Waals surface area (Å²) in [7, 11) is 0. The zero-order valence-electron chi connectivity index (χ0n) is 11.6. The summed E-state index contributed by atoms with van der Waals surface area (Å²) in [4.78, 5) is 9.16. The van der Waals surface area contributed by atoms with E-state index >= 15 is 0 Å². The van der Waals surface area contributed by atoms with Gasteiger partial charge in [-0.1, -0.05) is 6.92 Å². The number of aliphatic hydroxyl groups excluding tert-OH is 1. The Bertz CT molecular complexity index is 413. The Hall–Kier alpha value is -0.980. The molecule has 1 aromatic heterocycles. The van der Waals surface area contributed by atoms with Gasteiger partial charge in [-0.15, -0.1) is 0 Å². The maximum Gasteiger partial charge on any atom is 0.138 e. The van der Waals surface area contributed by atoms with Crippen LogP contribution in [0.2, 0.25) is 0 Å². The summed E-state index contributed by atoms with van der Waals surface area (Å²) in [5, 5.41) is 14.7. The lowest BCUT2D eigenvalue weighted by Gasteiger charge is -2.49. The minimum atomic E-state index is -0.345. The lowest BCUT2D eigenvalue weighted by molar-refractivity contribution is -0.0461. The first-order valence-corrected chi connectivity index (χ1v) is 7.29. The van der Waals surface area contributed by atoms with Crippen LogP contribution in [0.5, 0.6) is 0 Å². The van der Waals surface area contributed by atoms with E-state index in [0.717, 1.165) is 51.5 Å². The van der Waals surface area contributed by atoms with E-state index in [2.05, 4.69) is 26.8 Å². The third kappa shape index (κ3) is 2.66. The zero-order valence-corrected chi connectivity index (χ0v) is 11.6. The zero-order chi connectivity index (χ0) is 13.2. The second-order valence-electron chi connectivity index (χ2n) is 5.57. The minimum Gasteiger partial charge on any atom is -0.391 e. The number of aromatic nitrogens is 3. The highest BCUT2D eigenvalue weighted by Crippen LogP contribution is 2.19. The summed E-state index contributed by atoms with van der Waals surface area (Å²) < 4.78 is 1.92. The van der Waals surface area contributed by atoms with Crippen molar-refractivity contribution in [2.45, 2.75) is 38.5 Å². The van der Waals surface area contributed by atoms with Crippen molar-refractivity contribution in [3.63, 3.8) is 0 Å². The summed E-state index contributed by atoms with van der Waals surface area (Å²) in [6, 6.07) is 0.259. The van der Waals surface area contributed by atoms with E-state index in [0.29, 0.717) is 6.42 Å². The van der Waals surface area contributed by atoms with Crippen molar-refractivity contribution in [2.24, 2.45) is 0 Å². The predicted molar refractivity (Wildman–Crippen MR) is 71.8 cm³/mol. The molecule has 0 aromatic carbocycles. The van der Waals surface area contributed by atoms with Gasteiger partial charge in [0.2, 0.25) is 0 Å². The van der Waals surface area contributed by atoms with E-state index < -0.39 is 0 Å². The molecule has 19 heavy (non-hydrogen) atoms. The number of hydrogen-bond donors (Lipinski definition) is 1. The topological polar surface area (TPSA) is 57.4 Å². The van der Waals surface area contributed by atoms with Gasteiger partial charge in [0.05, 0.1) is 6.10 Å². The van der Waals surface area contributed by atoms with E-state index in [1.54, 1.807) is 6.33 Å². The van der Waals surface area contributed by atoms with Crippen LogP contribution in [0.1, 0.15) is 19.2 Å². The molecular formula is C13H23N5O. The first-order valence-electron chi connectivity index (χ1n) is 7.29. The van der Waals surface area contributed by atoms with Gasteiger partial charge in [0.1, 0.15) is 12.2 Å². The largest absolute Gasteiger partial charge is 0.391 e. The minimum absolute atomic E-state index is 0.259. The van der Waals surface area contributed by atoms with Crippen LogP contribution in [0.25, 0.3) is 0 Å². The van der Waals surface area contributed by atoms with Crippen LogP contribution < -0.4 is 0 Å². The van der Waals surface area contributed by atoms with E-state index in [-0.39, 0.29) is 12.1 Å². The molecule has 2 atom stereocenters. The number of piperazine rings is 3. The van der Waals surface area contributed by atoms with Crippen molar-refractivity contribution in [3.05, 3.63) is 12.2 Å². The van der Waals surface area contributed by atoms with Gasteiger partial charge in [-0.2, -0.15) is 5.10 Å². The smallest absolute Gasteiger partial charge is 0.138 e. The molecule has 2 unspecified atom stereocenters. The van der Waals surface area contributed by atoms with Crippen LogP contribution in [0, 0.1) is 0 Å². The third-order valence-corrected chi connectivity index (χ3v) is 4.29. The molecule has 0 aliphatic carbocycles. The Morgan fingerprint density at radius 1 is 1.37 bits per heavy atom. The Kier molecular flexibility index (Phi) is 3.81. The predicted octanol–water partition coefficient (Wildman–Crippen LogP) is -0.409. The lowest BCUT2D eigenvalue weighted by Crippen LogP contribution is -2.64. The molecule has 0 amide bonds. The van der Waals surface area contributed by atoms with E-state index in [9.17, 15) is 5.11 Å². The van der Waals surface area contributed by atoms with Crippen LogP contribution in [0.15, 0.2) is 6.33 Å². The summed E-state index contributed by atoms with van der Waals surface area (Å²) in [5.74, 6) is 0.909. The molecule has 3 aliphatic rings. The van der Waals surface area contributed by atoms with Crippen molar-refractivity contribution in [1.82, 2.24) is 24.6 Å². The maximum atomic E-state index is 10.5. The van der Waals surface area contributed by atoms with Gasteiger partial charge in [-0.05, 0) is 6.42 Å². The number of nitrogens with zero attached hydrogens (tertiary/aromatic N) is 5. The highest BCUT2D eigenvalue weighted by Gasteiger charge is 2.36. The molecule has 106 valence electrons. The Morgan fingerprint density at radius 2 is 2.16 bits per heavy atom. The summed E-state index contributed by atoms with van der Waals surface area (Å²) in [6.45, 7) is 8.46. The molecule has 4 heterocycles. The number of rotatable bonds is 5. The summed E-state index contributed by atoms with van der Waals surface area (Å²) in [6.07, 6.45) is 2.89. The van der Waals surface area contributed by atoms with Crippen molar-refractivity contribution in [3.8, 4) is 0 Å². The average molecular weight is 265 g/mol. The number of fused-ring (bicyclic) bond motifs is 3. The van der Waals surface area contributed by atoms with E-state index in [4.69, 9.17) is 0 Å². The molecule has 0 spiro atoms. The van der Waals surface area contributed by atoms with Crippen LogP contribution in [-0.2, 0) is 13.0 Å². The number of aliphatic hydroxyl groups is 1. The lowest BCUT2D eigenvalue weighted by atomic mass is 10.00. The van der Waals surface area contributed by atoms with Crippen molar-refractivity contribution < 1.29 is 5.11 Å². The molecule has 6 heteroatoms. The number of hydrogen-bond acceptors (Lipinski definition) is 5. The monoisotopic (exact) mass is 265 g/mol. The normalized spacial score (nSPS) is 31.6. The standard InChI is InChI=1S/C13H23N5O/c1-2-3-18-13(14-10-15-18)8-12(19)11-9-16-4-6-17(11)7-5-16/h10-12,19H,2-9H2,1H3. The Morgan fingerprint density at radius 3 is 2.79 bits per heavy atom. The molecule has 3 aliphatic heterocycles. The molecular weight excluding hydrogens is 242 g/mol. The van der Waals surface area contributed by atoms with Gasteiger partial charge in [0.25, 0.3) is 0 Å². The maximum absolute atomic E-state index is 10.5. The van der Waals surface area contributed by atoms with Crippen LogP contribution in [0.4, 0.5) is 0 Å². The van der Waals surface area contributed by atoms with Gasteiger partial charge >= 0.3 is 0 Å². The Labute approximate surface area is 114 Å². The number of aryl methyl sites for hydroxylation is 1. The van der Waals surface area contributed by atoms with Crippen LogP contribution in [-0.4, -0.2) is 74.5 Å². The molecule has 6 nitrogen and oxygen atoms in total. The van der Waals surface area contributed by atoms with Crippen LogP contribution in [0.3, 0.4) is 0 Å². The summed E-state index contributed by atoms with van der Waals surface area (Å²) in [5.41, 5.74) is 0. The third-order valence-electron chi connectivity index (χ3n) is 4.29. The summed E-state index contributed by atoms with van der Waals surface area (Å²) >= 11 is 0. The molecule has 1 N–H and O–H groups in total. The van der Waals surface area contributed by atoms with Crippen molar-refractivity contribution in [1.29, 1.82) is 0 Å². The van der Waals surface area contributed by atoms with Crippen molar-refractivity contribution in [2.75, 3.05) is 32.7 Å². The molecule has 4 rings (SSSR count). The Balaban J connectivity index is 1.64. The quantitative estimate of drug-likeness (QED) is 0.784. The molecule has 1 aromatic rings. The van der Waals surface area contributed by atoms with E-state index in [1.165, 1.54) is 0 Å². The fourth-order valence-corrected chi connectivity index (χ4v) is 3.19. The van der Waals surface area contributed by atoms with Gasteiger partial charge in [0.15, 0.2) is 0 Å². The molecule has 2 bridgehead atoms.